The largest absolute Gasteiger partial charge is 0.342 e. The van der Waals surface area contributed by atoms with Gasteiger partial charge in [0.15, 0.2) is 0 Å². The molecule has 3 aromatic rings. The van der Waals surface area contributed by atoms with E-state index in [-0.39, 0.29) is 24.1 Å². The molecular formula is C24H28N4O3S. The van der Waals surface area contributed by atoms with Gasteiger partial charge in [-0.3, -0.25) is 4.79 Å². The maximum absolute atomic E-state index is 12.6. The monoisotopic (exact) mass is 452 g/mol. The number of amides is 1. The molecule has 4 rings (SSSR count). The zero-order valence-electron chi connectivity index (χ0n) is 18.1. The molecule has 0 unspecified atom stereocenters. The molecule has 0 bridgehead atoms. The number of para-hydroxylation sites is 1. The van der Waals surface area contributed by atoms with E-state index in [2.05, 4.69) is 33.3 Å². The van der Waals surface area contributed by atoms with E-state index in [1.54, 1.807) is 13.1 Å². The van der Waals surface area contributed by atoms with E-state index in [9.17, 15) is 13.2 Å². The number of hydrogen-bond acceptors (Lipinski definition) is 4. The number of nitrogens with one attached hydrogen (secondary N) is 1. The van der Waals surface area contributed by atoms with Crippen molar-refractivity contribution in [1.82, 2.24) is 14.3 Å². The number of benzene rings is 2. The van der Waals surface area contributed by atoms with E-state index in [0.29, 0.717) is 19.4 Å². The van der Waals surface area contributed by atoms with Crippen LogP contribution in [0, 0.1) is 5.92 Å². The van der Waals surface area contributed by atoms with Crippen molar-refractivity contribution in [2.24, 2.45) is 11.0 Å². The van der Waals surface area contributed by atoms with Crippen LogP contribution in [-0.4, -0.2) is 48.3 Å². The Balaban J connectivity index is 1.46. The first-order chi connectivity index (χ1) is 15.5. The highest BCUT2D eigenvalue weighted by atomic mass is 32.2. The number of nitrogens with zero attached hydrogens (tertiary/aromatic N) is 3. The predicted octanol–water partition coefficient (Wildman–Crippen LogP) is 3.20. The molecule has 2 aromatic carbocycles. The smallest absolute Gasteiger partial charge is 0.244 e. The summed E-state index contributed by atoms with van der Waals surface area (Å²) in [7, 11) is -3.29. The van der Waals surface area contributed by atoms with Gasteiger partial charge in [0, 0.05) is 42.3 Å². The Labute approximate surface area is 188 Å². The normalized spacial score (nSPS) is 17.7. The fourth-order valence-corrected chi connectivity index (χ4v) is 5.32. The summed E-state index contributed by atoms with van der Waals surface area (Å²) >= 11 is 0. The van der Waals surface area contributed by atoms with Crippen molar-refractivity contribution >= 4 is 33.0 Å². The molecule has 7 nitrogen and oxygen atoms in total. The Hall–Kier alpha value is -2.97. The molecule has 1 amide bonds. The zero-order chi connectivity index (χ0) is 22.6. The van der Waals surface area contributed by atoms with E-state index in [1.165, 1.54) is 9.87 Å². The first-order valence-electron chi connectivity index (χ1n) is 10.9. The molecule has 0 saturated carbocycles. The number of rotatable bonds is 7. The second kappa shape index (κ2) is 9.67. The number of carbonyl (C=O) groups excluding carboxylic acids is 1. The first-order valence-corrected chi connectivity index (χ1v) is 12.5. The highest BCUT2D eigenvalue weighted by Gasteiger charge is 2.31. The van der Waals surface area contributed by atoms with Crippen LogP contribution >= 0.6 is 0 Å². The first kappa shape index (κ1) is 22.2. The Morgan fingerprint density at radius 1 is 1.16 bits per heavy atom. The third kappa shape index (κ3) is 4.92. The van der Waals surface area contributed by atoms with Crippen LogP contribution in [0.2, 0.25) is 0 Å². The van der Waals surface area contributed by atoms with Gasteiger partial charge in [-0.2, -0.15) is 5.10 Å². The topological polar surface area (TPSA) is 83.8 Å². The molecule has 1 N–H and O–H groups in total. The second-order valence-corrected chi connectivity index (χ2v) is 10.3. The van der Waals surface area contributed by atoms with Crippen molar-refractivity contribution in [2.75, 3.05) is 18.8 Å². The van der Waals surface area contributed by atoms with E-state index < -0.39 is 10.0 Å². The van der Waals surface area contributed by atoms with Crippen LogP contribution in [0.15, 0.2) is 65.9 Å². The van der Waals surface area contributed by atoms with E-state index in [1.807, 2.05) is 42.6 Å². The lowest BCUT2D eigenvalue weighted by molar-refractivity contribution is -0.126. The lowest BCUT2D eigenvalue weighted by Gasteiger charge is -2.30. The molecule has 1 aliphatic rings. The number of carbonyl (C=O) groups is 1. The van der Waals surface area contributed by atoms with Gasteiger partial charge in [0.25, 0.3) is 0 Å². The summed E-state index contributed by atoms with van der Waals surface area (Å²) in [6.45, 7) is 3.06. The van der Waals surface area contributed by atoms with Crippen LogP contribution in [0.25, 0.3) is 10.9 Å². The van der Waals surface area contributed by atoms with Gasteiger partial charge in [-0.25, -0.2) is 18.1 Å². The molecule has 0 aliphatic carbocycles. The van der Waals surface area contributed by atoms with Gasteiger partial charge in [-0.15, -0.1) is 0 Å². The van der Waals surface area contributed by atoms with Gasteiger partial charge in [-0.05, 0) is 31.4 Å². The number of fused-ring (bicyclic) bond motifs is 1. The standard InChI is InChI=1S/C24H28N4O3S/c1-2-32(30,31)28-14-8-11-20(18-28)24(29)26-25-15-21-17-27(16-19-9-4-3-5-10-19)23-13-7-6-12-22(21)23/h3-7,9-10,12-13,15,17,20H,2,8,11,14,16,18H2,1H3,(H,26,29)/b25-15-/t20-/m0/s1. The number of sulfonamides is 1. The summed E-state index contributed by atoms with van der Waals surface area (Å²) in [5.41, 5.74) is 5.82. The fourth-order valence-electron chi connectivity index (χ4n) is 4.14. The molecule has 1 aliphatic heterocycles. The average Bonchev–Trinajstić information content (AvgIpc) is 3.17. The van der Waals surface area contributed by atoms with Crippen molar-refractivity contribution in [3.05, 3.63) is 71.9 Å². The Morgan fingerprint density at radius 3 is 2.69 bits per heavy atom. The summed E-state index contributed by atoms with van der Waals surface area (Å²) in [5, 5.41) is 5.24. The molecular weight excluding hydrogens is 424 g/mol. The summed E-state index contributed by atoms with van der Waals surface area (Å²) in [5.74, 6) is -0.584. The fraction of sp³-hybridized carbons (Fsp3) is 0.333. The highest BCUT2D eigenvalue weighted by Crippen LogP contribution is 2.22. The number of hydrogen-bond donors (Lipinski definition) is 1. The maximum atomic E-state index is 12.6. The maximum Gasteiger partial charge on any atom is 0.244 e. The predicted molar refractivity (Wildman–Crippen MR) is 127 cm³/mol. The van der Waals surface area contributed by atoms with Gasteiger partial charge >= 0.3 is 0 Å². The van der Waals surface area contributed by atoms with Crippen molar-refractivity contribution < 1.29 is 13.2 Å². The van der Waals surface area contributed by atoms with Crippen LogP contribution < -0.4 is 5.43 Å². The molecule has 1 saturated heterocycles. The van der Waals surface area contributed by atoms with Gasteiger partial charge < -0.3 is 4.57 Å². The number of aromatic nitrogens is 1. The van der Waals surface area contributed by atoms with Crippen molar-refractivity contribution in [1.29, 1.82) is 0 Å². The Bertz CT molecular complexity index is 1220. The molecule has 2 heterocycles. The minimum absolute atomic E-state index is 0.0482. The third-order valence-corrected chi connectivity index (χ3v) is 7.75. The Kier molecular flexibility index (Phi) is 6.72. The van der Waals surface area contributed by atoms with E-state index in [0.717, 1.165) is 23.0 Å². The third-order valence-electron chi connectivity index (χ3n) is 5.91. The van der Waals surface area contributed by atoms with E-state index in [4.69, 9.17) is 0 Å². The minimum atomic E-state index is -3.29. The second-order valence-electron chi connectivity index (χ2n) is 8.05. The van der Waals surface area contributed by atoms with Crippen LogP contribution in [-0.2, 0) is 21.4 Å². The molecule has 0 spiro atoms. The molecule has 8 heteroatoms. The van der Waals surface area contributed by atoms with E-state index >= 15 is 0 Å². The highest BCUT2D eigenvalue weighted by molar-refractivity contribution is 7.89. The summed E-state index contributed by atoms with van der Waals surface area (Å²) in [6, 6.07) is 18.3. The summed E-state index contributed by atoms with van der Waals surface area (Å²) < 4.78 is 27.9. The van der Waals surface area contributed by atoms with Crippen LogP contribution in [0.4, 0.5) is 0 Å². The zero-order valence-corrected chi connectivity index (χ0v) is 19.0. The lowest BCUT2D eigenvalue weighted by Crippen LogP contribution is -2.45. The van der Waals surface area contributed by atoms with Gasteiger partial charge in [-0.1, -0.05) is 48.5 Å². The number of piperidine rings is 1. The molecule has 0 radical (unpaired) electrons. The lowest BCUT2D eigenvalue weighted by atomic mass is 9.99. The minimum Gasteiger partial charge on any atom is -0.342 e. The van der Waals surface area contributed by atoms with Crippen molar-refractivity contribution in [2.45, 2.75) is 26.3 Å². The quantitative estimate of drug-likeness (QED) is 0.441. The van der Waals surface area contributed by atoms with Gasteiger partial charge in [0.2, 0.25) is 15.9 Å². The molecule has 1 atom stereocenters. The van der Waals surface area contributed by atoms with Crippen LogP contribution in [0.1, 0.15) is 30.9 Å². The van der Waals surface area contributed by atoms with Crippen molar-refractivity contribution in [3.8, 4) is 0 Å². The van der Waals surface area contributed by atoms with Crippen LogP contribution in [0.5, 0.6) is 0 Å². The molecule has 32 heavy (non-hydrogen) atoms. The van der Waals surface area contributed by atoms with Gasteiger partial charge in [0.1, 0.15) is 0 Å². The summed E-state index contributed by atoms with van der Waals surface area (Å²) in [4.78, 5) is 12.6. The number of hydrazone groups is 1. The Morgan fingerprint density at radius 2 is 1.91 bits per heavy atom. The van der Waals surface area contributed by atoms with Gasteiger partial charge in [0.05, 0.1) is 17.9 Å². The van der Waals surface area contributed by atoms with Crippen LogP contribution in [0.3, 0.4) is 0 Å². The van der Waals surface area contributed by atoms with Crippen molar-refractivity contribution in [3.63, 3.8) is 0 Å². The average molecular weight is 453 g/mol. The molecule has 1 fully saturated rings. The molecule has 168 valence electrons. The summed E-state index contributed by atoms with van der Waals surface area (Å²) in [6.07, 6.45) is 5.02. The SMILES string of the molecule is CCS(=O)(=O)N1CCC[C@H](C(=O)N/N=C\c2cn(Cc3ccccc3)c3ccccc23)C1. The molecule has 1 aromatic heterocycles.